The number of hydrogen-bond acceptors (Lipinski definition) is 3. The van der Waals surface area contributed by atoms with Gasteiger partial charge in [0.1, 0.15) is 0 Å². The van der Waals surface area contributed by atoms with Gasteiger partial charge in [-0.25, -0.2) is 0 Å². The number of pyridine rings is 1. The van der Waals surface area contributed by atoms with Gasteiger partial charge < -0.3 is 5.32 Å². The molecule has 0 aliphatic carbocycles. The highest BCUT2D eigenvalue weighted by molar-refractivity contribution is 5.10. The SMILES string of the molecule is CNC(CCc1ccncc1)CCc1ccnn1C. The van der Waals surface area contributed by atoms with Crippen molar-refractivity contribution >= 4 is 0 Å². The van der Waals surface area contributed by atoms with E-state index in [1.54, 1.807) is 0 Å². The average molecular weight is 258 g/mol. The minimum absolute atomic E-state index is 0.545. The molecule has 19 heavy (non-hydrogen) atoms. The Morgan fingerprint density at radius 3 is 2.47 bits per heavy atom. The first-order valence-electron chi connectivity index (χ1n) is 6.82. The molecule has 0 bridgehead atoms. The van der Waals surface area contributed by atoms with Crippen LogP contribution in [0.1, 0.15) is 24.1 Å². The van der Waals surface area contributed by atoms with Crippen LogP contribution in [0.5, 0.6) is 0 Å². The van der Waals surface area contributed by atoms with E-state index in [2.05, 4.69) is 33.6 Å². The van der Waals surface area contributed by atoms with Crippen LogP contribution in [-0.2, 0) is 19.9 Å². The summed E-state index contributed by atoms with van der Waals surface area (Å²) in [4.78, 5) is 4.05. The van der Waals surface area contributed by atoms with Crippen molar-refractivity contribution in [3.63, 3.8) is 0 Å². The van der Waals surface area contributed by atoms with Crippen LogP contribution in [0.2, 0.25) is 0 Å². The molecule has 1 unspecified atom stereocenters. The number of nitrogens with one attached hydrogen (secondary N) is 1. The molecule has 4 nitrogen and oxygen atoms in total. The maximum Gasteiger partial charge on any atom is 0.0492 e. The standard InChI is InChI=1S/C15H22N4/c1-16-14(4-3-13-7-10-17-11-8-13)5-6-15-9-12-18-19(15)2/h7-12,14,16H,3-6H2,1-2H3. The third-order valence-corrected chi connectivity index (χ3v) is 3.61. The lowest BCUT2D eigenvalue weighted by Crippen LogP contribution is -2.26. The van der Waals surface area contributed by atoms with Crippen molar-refractivity contribution in [2.24, 2.45) is 7.05 Å². The molecule has 1 N–H and O–H groups in total. The fourth-order valence-electron chi connectivity index (χ4n) is 2.29. The molecule has 0 aliphatic heterocycles. The first kappa shape index (κ1) is 13.7. The van der Waals surface area contributed by atoms with E-state index in [-0.39, 0.29) is 0 Å². The predicted octanol–water partition coefficient (Wildman–Crippen LogP) is 1.97. The lowest BCUT2D eigenvalue weighted by molar-refractivity contribution is 0.482. The van der Waals surface area contributed by atoms with Crippen LogP contribution in [0, 0.1) is 0 Å². The van der Waals surface area contributed by atoms with Crippen LogP contribution < -0.4 is 5.32 Å². The van der Waals surface area contributed by atoms with Crippen molar-refractivity contribution < 1.29 is 0 Å². The molecule has 0 radical (unpaired) electrons. The highest BCUT2D eigenvalue weighted by atomic mass is 15.2. The number of nitrogens with zero attached hydrogens (tertiary/aromatic N) is 3. The van der Waals surface area contributed by atoms with Gasteiger partial charge in [-0.05, 0) is 56.5 Å². The summed E-state index contributed by atoms with van der Waals surface area (Å²) in [5, 5.41) is 7.61. The molecule has 0 saturated heterocycles. The number of hydrogen-bond donors (Lipinski definition) is 1. The largest absolute Gasteiger partial charge is 0.317 e. The second-order valence-corrected chi connectivity index (χ2v) is 4.86. The third-order valence-electron chi connectivity index (χ3n) is 3.61. The van der Waals surface area contributed by atoms with Crippen molar-refractivity contribution in [1.82, 2.24) is 20.1 Å². The lowest BCUT2D eigenvalue weighted by atomic mass is 10.0. The Balaban J connectivity index is 1.79. The van der Waals surface area contributed by atoms with Crippen LogP contribution >= 0.6 is 0 Å². The molecule has 102 valence electrons. The summed E-state index contributed by atoms with van der Waals surface area (Å²) in [5.41, 5.74) is 2.65. The van der Waals surface area contributed by atoms with Crippen molar-refractivity contribution in [3.8, 4) is 0 Å². The Bertz CT molecular complexity index is 478. The van der Waals surface area contributed by atoms with E-state index in [1.165, 1.54) is 11.3 Å². The van der Waals surface area contributed by atoms with Crippen molar-refractivity contribution in [2.45, 2.75) is 31.7 Å². The molecule has 0 saturated carbocycles. The summed E-state index contributed by atoms with van der Waals surface area (Å²) < 4.78 is 1.95. The highest BCUT2D eigenvalue weighted by Gasteiger charge is 2.08. The Labute approximate surface area is 114 Å². The van der Waals surface area contributed by atoms with Gasteiger partial charge in [-0.2, -0.15) is 5.10 Å². The summed E-state index contributed by atoms with van der Waals surface area (Å²) in [6, 6.07) is 6.82. The van der Waals surface area contributed by atoms with Gasteiger partial charge in [-0.1, -0.05) is 0 Å². The van der Waals surface area contributed by atoms with Crippen LogP contribution in [0.25, 0.3) is 0 Å². The summed E-state index contributed by atoms with van der Waals surface area (Å²) in [5.74, 6) is 0. The minimum atomic E-state index is 0.545. The van der Waals surface area contributed by atoms with E-state index in [9.17, 15) is 0 Å². The van der Waals surface area contributed by atoms with E-state index in [0.717, 1.165) is 25.7 Å². The van der Waals surface area contributed by atoms with E-state index < -0.39 is 0 Å². The van der Waals surface area contributed by atoms with Crippen LogP contribution in [-0.4, -0.2) is 27.9 Å². The van der Waals surface area contributed by atoms with Gasteiger partial charge in [0.15, 0.2) is 0 Å². The van der Waals surface area contributed by atoms with Crippen LogP contribution in [0.15, 0.2) is 36.8 Å². The summed E-state index contributed by atoms with van der Waals surface area (Å²) in [6.07, 6.45) is 10.0. The van der Waals surface area contributed by atoms with E-state index >= 15 is 0 Å². The molecule has 0 amide bonds. The second-order valence-electron chi connectivity index (χ2n) is 4.86. The Morgan fingerprint density at radius 2 is 1.84 bits per heavy atom. The molecule has 2 aromatic heterocycles. The summed E-state index contributed by atoms with van der Waals surface area (Å²) in [6.45, 7) is 0. The van der Waals surface area contributed by atoms with Crippen molar-refractivity contribution in [2.75, 3.05) is 7.05 Å². The van der Waals surface area contributed by atoms with Crippen LogP contribution in [0.4, 0.5) is 0 Å². The lowest BCUT2D eigenvalue weighted by Gasteiger charge is -2.16. The van der Waals surface area contributed by atoms with Gasteiger partial charge in [-0.15, -0.1) is 0 Å². The summed E-state index contributed by atoms with van der Waals surface area (Å²) in [7, 11) is 4.04. The van der Waals surface area contributed by atoms with E-state index in [1.807, 2.05) is 37.4 Å². The number of rotatable bonds is 7. The van der Waals surface area contributed by atoms with E-state index in [0.29, 0.717) is 6.04 Å². The molecule has 0 fully saturated rings. The zero-order chi connectivity index (χ0) is 13.5. The maximum atomic E-state index is 4.20. The molecular weight excluding hydrogens is 236 g/mol. The molecule has 2 heterocycles. The normalized spacial score (nSPS) is 12.5. The van der Waals surface area contributed by atoms with Gasteiger partial charge in [0.2, 0.25) is 0 Å². The zero-order valence-electron chi connectivity index (χ0n) is 11.7. The molecule has 2 aromatic rings. The molecular formula is C15H22N4. The molecule has 1 atom stereocenters. The third kappa shape index (κ3) is 4.17. The first-order chi connectivity index (χ1) is 9.29. The quantitative estimate of drug-likeness (QED) is 0.825. The minimum Gasteiger partial charge on any atom is -0.317 e. The topological polar surface area (TPSA) is 42.7 Å². The Morgan fingerprint density at radius 1 is 1.11 bits per heavy atom. The van der Waals surface area contributed by atoms with Gasteiger partial charge >= 0.3 is 0 Å². The van der Waals surface area contributed by atoms with Gasteiger partial charge in [-0.3, -0.25) is 9.67 Å². The molecule has 2 rings (SSSR count). The second kappa shape index (κ2) is 7.04. The maximum absolute atomic E-state index is 4.20. The van der Waals surface area contributed by atoms with Crippen LogP contribution in [0.3, 0.4) is 0 Å². The van der Waals surface area contributed by atoms with E-state index in [4.69, 9.17) is 0 Å². The molecule has 0 aromatic carbocycles. The monoisotopic (exact) mass is 258 g/mol. The highest BCUT2D eigenvalue weighted by Crippen LogP contribution is 2.09. The van der Waals surface area contributed by atoms with Crippen molar-refractivity contribution in [3.05, 3.63) is 48.0 Å². The van der Waals surface area contributed by atoms with Gasteiger partial charge in [0.25, 0.3) is 0 Å². The molecule has 0 aliphatic rings. The smallest absolute Gasteiger partial charge is 0.0492 e. The predicted molar refractivity (Wildman–Crippen MR) is 76.9 cm³/mol. The zero-order valence-corrected chi connectivity index (χ0v) is 11.7. The number of aryl methyl sites for hydroxylation is 3. The van der Waals surface area contributed by atoms with Gasteiger partial charge in [0.05, 0.1) is 0 Å². The number of aromatic nitrogens is 3. The molecule has 0 spiro atoms. The Kier molecular flexibility index (Phi) is 5.10. The van der Waals surface area contributed by atoms with Gasteiger partial charge in [0, 0.05) is 37.4 Å². The van der Waals surface area contributed by atoms with Crippen molar-refractivity contribution in [1.29, 1.82) is 0 Å². The Hall–Kier alpha value is -1.68. The average Bonchev–Trinajstić information content (AvgIpc) is 2.86. The molecule has 4 heteroatoms. The first-order valence-corrected chi connectivity index (χ1v) is 6.82. The fourth-order valence-corrected chi connectivity index (χ4v) is 2.29. The summed E-state index contributed by atoms with van der Waals surface area (Å²) >= 11 is 0. The fraction of sp³-hybridized carbons (Fsp3) is 0.467.